The molecule has 1 fully saturated rings. The summed E-state index contributed by atoms with van der Waals surface area (Å²) >= 11 is 0. The van der Waals surface area contributed by atoms with E-state index < -0.39 is 0 Å². The van der Waals surface area contributed by atoms with Crippen LogP contribution in [0, 0.1) is 11.8 Å². The Hall–Kier alpha value is -0.610. The van der Waals surface area contributed by atoms with Crippen LogP contribution < -0.4 is 11.1 Å². The Morgan fingerprint density at radius 1 is 1.50 bits per heavy atom. The van der Waals surface area contributed by atoms with Crippen LogP contribution in [-0.4, -0.2) is 31.2 Å². The van der Waals surface area contributed by atoms with Gasteiger partial charge in [0.15, 0.2) is 0 Å². The molecule has 18 heavy (non-hydrogen) atoms. The molecule has 0 aromatic carbocycles. The third-order valence-corrected chi connectivity index (χ3v) is 3.57. The summed E-state index contributed by atoms with van der Waals surface area (Å²) in [6, 6.07) is 0. The first kappa shape index (κ1) is 15.4. The maximum Gasteiger partial charge on any atom is 0.220 e. The van der Waals surface area contributed by atoms with E-state index >= 15 is 0 Å². The van der Waals surface area contributed by atoms with E-state index in [0.29, 0.717) is 31.3 Å². The summed E-state index contributed by atoms with van der Waals surface area (Å²) < 4.78 is 5.65. The molecule has 4 nitrogen and oxygen atoms in total. The van der Waals surface area contributed by atoms with Gasteiger partial charge in [-0.2, -0.15) is 0 Å². The van der Waals surface area contributed by atoms with Gasteiger partial charge < -0.3 is 15.8 Å². The summed E-state index contributed by atoms with van der Waals surface area (Å²) in [4.78, 5) is 11.9. The van der Waals surface area contributed by atoms with E-state index in [2.05, 4.69) is 26.1 Å². The summed E-state index contributed by atoms with van der Waals surface area (Å²) in [5.74, 6) is 0.979. The topological polar surface area (TPSA) is 64.4 Å². The van der Waals surface area contributed by atoms with E-state index in [1.165, 1.54) is 0 Å². The molecule has 0 saturated carbocycles. The molecule has 0 bridgehead atoms. The van der Waals surface area contributed by atoms with Crippen molar-refractivity contribution in [3.8, 4) is 0 Å². The average Bonchev–Trinajstić information content (AvgIpc) is 2.73. The second-order valence-electron chi connectivity index (χ2n) is 6.11. The molecule has 106 valence electrons. The van der Waals surface area contributed by atoms with E-state index in [1.54, 1.807) is 0 Å². The molecule has 1 aliphatic rings. The Kier molecular flexibility index (Phi) is 6.09. The maximum absolute atomic E-state index is 11.9. The van der Waals surface area contributed by atoms with Crippen molar-refractivity contribution in [3.63, 3.8) is 0 Å². The van der Waals surface area contributed by atoms with Crippen molar-refractivity contribution < 1.29 is 9.53 Å². The summed E-state index contributed by atoms with van der Waals surface area (Å²) in [6.45, 7) is 8.39. The molecule has 4 heteroatoms. The molecule has 0 aromatic heterocycles. The van der Waals surface area contributed by atoms with Crippen molar-refractivity contribution in [2.45, 2.75) is 52.1 Å². The molecule has 1 heterocycles. The fourth-order valence-corrected chi connectivity index (χ4v) is 2.53. The highest BCUT2D eigenvalue weighted by molar-refractivity contribution is 5.76. The van der Waals surface area contributed by atoms with Crippen LogP contribution in [0.25, 0.3) is 0 Å². The average molecular weight is 256 g/mol. The SMILES string of the molecule is CC(C)CC(CN)CC(=O)NCC1(C)CCCO1. The third-order valence-electron chi connectivity index (χ3n) is 3.57. The number of hydrogen-bond donors (Lipinski definition) is 2. The van der Waals surface area contributed by atoms with Crippen LogP contribution in [0.15, 0.2) is 0 Å². The first-order valence-electron chi connectivity index (χ1n) is 7.06. The van der Waals surface area contributed by atoms with Crippen LogP contribution in [0.3, 0.4) is 0 Å². The van der Waals surface area contributed by atoms with Crippen molar-refractivity contribution in [1.82, 2.24) is 5.32 Å². The van der Waals surface area contributed by atoms with Crippen molar-refractivity contribution >= 4 is 5.91 Å². The van der Waals surface area contributed by atoms with Gasteiger partial charge in [0, 0.05) is 19.6 Å². The lowest BCUT2D eigenvalue weighted by Crippen LogP contribution is -2.41. The lowest BCUT2D eigenvalue weighted by molar-refractivity contribution is -0.123. The summed E-state index contributed by atoms with van der Waals surface area (Å²) in [5, 5.41) is 2.98. The zero-order chi connectivity index (χ0) is 13.6. The highest BCUT2D eigenvalue weighted by Crippen LogP contribution is 2.24. The van der Waals surface area contributed by atoms with Crippen molar-refractivity contribution in [2.75, 3.05) is 19.7 Å². The largest absolute Gasteiger partial charge is 0.373 e. The van der Waals surface area contributed by atoms with Gasteiger partial charge in [0.05, 0.1) is 5.60 Å². The number of carbonyl (C=O) groups is 1. The Balaban J connectivity index is 2.27. The van der Waals surface area contributed by atoms with Crippen molar-refractivity contribution in [3.05, 3.63) is 0 Å². The summed E-state index contributed by atoms with van der Waals surface area (Å²) in [6.07, 6.45) is 3.66. The predicted molar refractivity (Wildman–Crippen MR) is 73.2 cm³/mol. The Morgan fingerprint density at radius 3 is 2.72 bits per heavy atom. The van der Waals surface area contributed by atoms with Crippen LogP contribution in [0.2, 0.25) is 0 Å². The lowest BCUT2D eigenvalue weighted by Gasteiger charge is -2.24. The highest BCUT2D eigenvalue weighted by Gasteiger charge is 2.30. The number of amides is 1. The normalized spacial score (nSPS) is 25.4. The Morgan fingerprint density at radius 2 is 2.22 bits per heavy atom. The molecule has 2 unspecified atom stereocenters. The van der Waals surface area contributed by atoms with Crippen LogP contribution in [0.4, 0.5) is 0 Å². The number of ether oxygens (including phenoxy) is 1. The third kappa shape index (κ3) is 5.36. The summed E-state index contributed by atoms with van der Waals surface area (Å²) in [7, 11) is 0. The van der Waals surface area contributed by atoms with Crippen molar-refractivity contribution in [1.29, 1.82) is 0 Å². The number of carbonyl (C=O) groups excluding carboxylic acids is 1. The molecule has 1 amide bonds. The van der Waals surface area contributed by atoms with Crippen LogP contribution in [0.1, 0.15) is 46.5 Å². The minimum Gasteiger partial charge on any atom is -0.373 e. The first-order chi connectivity index (χ1) is 8.45. The van der Waals surface area contributed by atoms with Gasteiger partial charge in [0.25, 0.3) is 0 Å². The minimum atomic E-state index is -0.161. The maximum atomic E-state index is 11.9. The molecule has 0 radical (unpaired) electrons. The van der Waals surface area contributed by atoms with Gasteiger partial charge in [-0.05, 0) is 44.6 Å². The van der Waals surface area contributed by atoms with Gasteiger partial charge >= 0.3 is 0 Å². The van der Waals surface area contributed by atoms with Crippen LogP contribution in [0.5, 0.6) is 0 Å². The molecule has 1 saturated heterocycles. The fourth-order valence-electron chi connectivity index (χ4n) is 2.53. The lowest BCUT2D eigenvalue weighted by atomic mass is 9.94. The number of rotatable bonds is 7. The molecule has 3 N–H and O–H groups in total. The van der Waals surface area contributed by atoms with Gasteiger partial charge in [-0.15, -0.1) is 0 Å². The number of nitrogens with one attached hydrogen (secondary N) is 1. The van der Waals surface area contributed by atoms with Gasteiger partial charge in [-0.3, -0.25) is 4.79 Å². The Bertz CT molecular complexity index is 261. The monoisotopic (exact) mass is 256 g/mol. The molecular weight excluding hydrogens is 228 g/mol. The zero-order valence-electron chi connectivity index (χ0n) is 12.0. The second-order valence-corrected chi connectivity index (χ2v) is 6.11. The van der Waals surface area contributed by atoms with Gasteiger partial charge in [-0.1, -0.05) is 13.8 Å². The molecule has 2 atom stereocenters. The molecule has 1 aliphatic heterocycles. The first-order valence-corrected chi connectivity index (χ1v) is 7.06. The zero-order valence-corrected chi connectivity index (χ0v) is 12.0. The minimum absolute atomic E-state index is 0.0998. The number of hydrogen-bond acceptors (Lipinski definition) is 3. The van der Waals surface area contributed by atoms with E-state index in [0.717, 1.165) is 25.9 Å². The van der Waals surface area contributed by atoms with Gasteiger partial charge in [0.2, 0.25) is 5.91 Å². The second kappa shape index (κ2) is 7.10. The quantitative estimate of drug-likeness (QED) is 0.728. The van der Waals surface area contributed by atoms with Gasteiger partial charge in [-0.25, -0.2) is 0 Å². The van der Waals surface area contributed by atoms with E-state index in [1.807, 2.05) is 0 Å². The van der Waals surface area contributed by atoms with E-state index in [-0.39, 0.29) is 11.5 Å². The molecule has 0 aliphatic carbocycles. The molecule has 0 aromatic rings. The van der Waals surface area contributed by atoms with Crippen molar-refractivity contribution in [2.24, 2.45) is 17.6 Å². The smallest absolute Gasteiger partial charge is 0.220 e. The number of nitrogens with two attached hydrogens (primary N) is 1. The standard InChI is InChI=1S/C14H28N2O2/c1-11(2)7-12(9-15)8-13(17)16-10-14(3)5-4-6-18-14/h11-12H,4-10,15H2,1-3H3,(H,16,17). The fraction of sp³-hybridized carbons (Fsp3) is 0.929. The Labute approximate surface area is 111 Å². The predicted octanol–water partition coefficient (Wildman–Crippen LogP) is 1.68. The van der Waals surface area contributed by atoms with Gasteiger partial charge in [0.1, 0.15) is 0 Å². The van der Waals surface area contributed by atoms with E-state index in [9.17, 15) is 4.79 Å². The highest BCUT2D eigenvalue weighted by atomic mass is 16.5. The van der Waals surface area contributed by atoms with E-state index in [4.69, 9.17) is 10.5 Å². The molecule has 1 rings (SSSR count). The molecular formula is C14H28N2O2. The van der Waals surface area contributed by atoms with Crippen LogP contribution in [-0.2, 0) is 9.53 Å². The van der Waals surface area contributed by atoms with Crippen LogP contribution >= 0.6 is 0 Å². The molecule has 0 spiro atoms. The summed E-state index contributed by atoms with van der Waals surface area (Å²) in [5.41, 5.74) is 5.55.